The van der Waals surface area contributed by atoms with Crippen LogP contribution in [0.25, 0.3) is 0 Å². The predicted molar refractivity (Wildman–Crippen MR) is 62.3 cm³/mol. The van der Waals surface area contributed by atoms with Crippen LogP contribution < -0.4 is 5.73 Å². The third-order valence-corrected chi connectivity index (χ3v) is 4.11. The highest BCUT2D eigenvalue weighted by Crippen LogP contribution is 2.33. The highest BCUT2D eigenvalue weighted by Gasteiger charge is 2.33. The minimum Gasteiger partial charge on any atom is -0.329 e. The minimum atomic E-state index is 0.305. The molecule has 2 nitrogen and oxygen atoms in total. The van der Waals surface area contributed by atoms with Crippen molar-refractivity contribution in [1.29, 1.82) is 0 Å². The average Bonchev–Trinajstić information content (AvgIpc) is 2.40. The van der Waals surface area contributed by atoms with Crippen LogP contribution in [0.4, 0.5) is 0 Å². The summed E-state index contributed by atoms with van der Waals surface area (Å²) in [7, 11) is 2.23. The van der Waals surface area contributed by atoms with E-state index in [0.29, 0.717) is 5.54 Å². The summed E-state index contributed by atoms with van der Waals surface area (Å²) in [5.74, 6) is 0.897. The summed E-state index contributed by atoms with van der Waals surface area (Å²) in [6.45, 7) is 6.54. The van der Waals surface area contributed by atoms with Gasteiger partial charge in [-0.2, -0.15) is 0 Å². The summed E-state index contributed by atoms with van der Waals surface area (Å²) in [6.07, 6.45) is 6.66. The average molecular weight is 198 g/mol. The number of hydrogen-bond acceptors (Lipinski definition) is 2. The fraction of sp³-hybridized carbons (Fsp3) is 1.00. The first kappa shape index (κ1) is 12.0. The third kappa shape index (κ3) is 2.48. The summed E-state index contributed by atoms with van der Waals surface area (Å²) in [5.41, 5.74) is 6.29. The molecule has 0 amide bonds. The molecule has 1 rings (SSSR count). The van der Waals surface area contributed by atoms with E-state index >= 15 is 0 Å². The third-order valence-electron chi connectivity index (χ3n) is 4.11. The van der Waals surface area contributed by atoms with Gasteiger partial charge >= 0.3 is 0 Å². The molecular formula is C12H26N2. The van der Waals surface area contributed by atoms with Gasteiger partial charge < -0.3 is 5.73 Å². The van der Waals surface area contributed by atoms with Crippen molar-refractivity contribution >= 4 is 0 Å². The normalized spacial score (nSPS) is 34.5. The first-order valence-corrected chi connectivity index (χ1v) is 6.06. The number of hydrogen-bond donors (Lipinski definition) is 1. The van der Waals surface area contributed by atoms with Gasteiger partial charge in [-0.1, -0.05) is 26.7 Å². The Bertz CT molecular complexity index is 170. The minimum absolute atomic E-state index is 0.305. The largest absolute Gasteiger partial charge is 0.329 e. The van der Waals surface area contributed by atoms with E-state index in [1.165, 1.54) is 32.1 Å². The summed E-state index contributed by atoms with van der Waals surface area (Å²) >= 11 is 0. The number of likely N-dealkylation sites (N-methyl/N-ethyl adjacent to an activating group) is 1. The van der Waals surface area contributed by atoms with Crippen molar-refractivity contribution in [2.45, 2.75) is 51.5 Å². The summed E-state index contributed by atoms with van der Waals surface area (Å²) < 4.78 is 0. The van der Waals surface area contributed by atoms with Gasteiger partial charge in [-0.25, -0.2) is 0 Å². The lowest BCUT2D eigenvalue weighted by atomic mass is 9.88. The molecule has 0 aliphatic heterocycles. The molecule has 0 bridgehead atoms. The van der Waals surface area contributed by atoms with Gasteiger partial charge in [-0.15, -0.1) is 0 Å². The fourth-order valence-corrected chi connectivity index (χ4v) is 2.64. The van der Waals surface area contributed by atoms with Gasteiger partial charge in [0.05, 0.1) is 0 Å². The molecule has 0 spiro atoms. The van der Waals surface area contributed by atoms with Crippen LogP contribution in [-0.4, -0.2) is 30.6 Å². The summed E-state index contributed by atoms with van der Waals surface area (Å²) in [4.78, 5) is 2.46. The maximum absolute atomic E-state index is 5.99. The van der Waals surface area contributed by atoms with Crippen molar-refractivity contribution in [3.05, 3.63) is 0 Å². The molecule has 0 radical (unpaired) electrons. The van der Waals surface area contributed by atoms with Crippen LogP contribution in [0.15, 0.2) is 0 Å². The maximum Gasteiger partial charge on any atom is 0.0328 e. The van der Waals surface area contributed by atoms with Crippen LogP contribution in [0, 0.1) is 5.92 Å². The molecule has 0 aromatic carbocycles. The predicted octanol–water partition coefficient (Wildman–Crippen LogP) is 2.24. The van der Waals surface area contributed by atoms with Gasteiger partial charge in [0.2, 0.25) is 0 Å². The van der Waals surface area contributed by atoms with E-state index in [1.54, 1.807) is 0 Å². The van der Waals surface area contributed by atoms with Crippen molar-refractivity contribution in [3.63, 3.8) is 0 Å². The van der Waals surface area contributed by atoms with Gasteiger partial charge in [-0.3, -0.25) is 4.90 Å². The fourth-order valence-electron chi connectivity index (χ4n) is 2.64. The lowest BCUT2D eigenvalue weighted by molar-refractivity contribution is 0.113. The number of nitrogens with two attached hydrogens (primary N) is 1. The molecule has 0 saturated heterocycles. The molecule has 0 aromatic rings. The summed E-state index contributed by atoms with van der Waals surface area (Å²) in [5, 5.41) is 0. The Labute approximate surface area is 88.8 Å². The van der Waals surface area contributed by atoms with Crippen LogP contribution in [0.1, 0.15) is 46.0 Å². The molecule has 1 aliphatic rings. The standard InChI is InChI=1S/C12H26N2/c1-4-14(3)12(10-13)8-5-6-11(2)7-9-12/h11H,4-10,13H2,1-3H3. The first-order chi connectivity index (χ1) is 6.64. The number of rotatable bonds is 3. The molecule has 84 valence electrons. The topological polar surface area (TPSA) is 29.3 Å². The lowest BCUT2D eigenvalue weighted by Crippen LogP contribution is -2.51. The van der Waals surface area contributed by atoms with E-state index in [2.05, 4.69) is 25.8 Å². The second-order valence-electron chi connectivity index (χ2n) is 4.98. The van der Waals surface area contributed by atoms with Crippen molar-refractivity contribution in [3.8, 4) is 0 Å². The molecule has 2 unspecified atom stereocenters. The van der Waals surface area contributed by atoms with Gasteiger partial charge in [-0.05, 0) is 38.8 Å². The van der Waals surface area contributed by atoms with Crippen molar-refractivity contribution in [2.24, 2.45) is 11.7 Å². The van der Waals surface area contributed by atoms with Crippen LogP contribution in [0.5, 0.6) is 0 Å². The van der Waals surface area contributed by atoms with Crippen LogP contribution in [0.2, 0.25) is 0 Å². The Kier molecular flexibility index (Phi) is 4.39. The molecule has 1 saturated carbocycles. The van der Waals surface area contributed by atoms with Gasteiger partial charge in [0.1, 0.15) is 0 Å². The molecular weight excluding hydrogens is 172 g/mol. The molecule has 1 fully saturated rings. The highest BCUT2D eigenvalue weighted by molar-refractivity contribution is 4.92. The van der Waals surface area contributed by atoms with Crippen LogP contribution in [-0.2, 0) is 0 Å². The quantitative estimate of drug-likeness (QED) is 0.705. The second-order valence-corrected chi connectivity index (χ2v) is 4.98. The van der Waals surface area contributed by atoms with E-state index in [-0.39, 0.29) is 0 Å². The maximum atomic E-state index is 5.99. The Morgan fingerprint density at radius 2 is 2.07 bits per heavy atom. The highest BCUT2D eigenvalue weighted by atomic mass is 15.2. The first-order valence-electron chi connectivity index (χ1n) is 6.06. The number of nitrogens with zero attached hydrogens (tertiary/aromatic N) is 1. The molecule has 1 aliphatic carbocycles. The SMILES string of the molecule is CCN(C)C1(CN)CCCC(C)CC1. The lowest BCUT2D eigenvalue weighted by Gasteiger charge is -2.40. The van der Waals surface area contributed by atoms with Crippen LogP contribution >= 0.6 is 0 Å². The molecule has 14 heavy (non-hydrogen) atoms. The monoisotopic (exact) mass is 198 g/mol. The van der Waals surface area contributed by atoms with E-state index in [9.17, 15) is 0 Å². The van der Waals surface area contributed by atoms with E-state index < -0.39 is 0 Å². The van der Waals surface area contributed by atoms with E-state index in [0.717, 1.165) is 19.0 Å². The zero-order valence-corrected chi connectivity index (χ0v) is 10.1. The molecule has 0 aromatic heterocycles. The van der Waals surface area contributed by atoms with Gasteiger partial charge in [0.15, 0.2) is 0 Å². The summed E-state index contributed by atoms with van der Waals surface area (Å²) in [6, 6.07) is 0. The Morgan fingerprint density at radius 3 is 2.64 bits per heavy atom. The Balaban J connectivity index is 2.67. The smallest absolute Gasteiger partial charge is 0.0328 e. The van der Waals surface area contributed by atoms with E-state index in [4.69, 9.17) is 5.73 Å². The van der Waals surface area contributed by atoms with E-state index in [1.807, 2.05) is 0 Å². The second kappa shape index (κ2) is 5.13. The van der Waals surface area contributed by atoms with Crippen molar-refractivity contribution in [2.75, 3.05) is 20.1 Å². The zero-order valence-electron chi connectivity index (χ0n) is 10.1. The molecule has 2 heteroatoms. The van der Waals surface area contributed by atoms with Gasteiger partial charge in [0, 0.05) is 12.1 Å². The molecule has 2 N–H and O–H groups in total. The Hall–Kier alpha value is -0.0800. The van der Waals surface area contributed by atoms with Crippen LogP contribution in [0.3, 0.4) is 0 Å². The zero-order chi connectivity index (χ0) is 10.6. The van der Waals surface area contributed by atoms with Gasteiger partial charge in [0.25, 0.3) is 0 Å². The van der Waals surface area contributed by atoms with Crippen molar-refractivity contribution < 1.29 is 0 Å². The Morgan fingerprint density at radius 1 is 1.36 bits per heavy atom. The molecule has 2 atom stereocenters. The van der Waals surface area contributed by atoms with Crippen molar-refractivity contribution in [1.82, 2.24) is 4.90 Å². The molecule has 0 heterocycles.